The number of nitrogens with zero attached hydrogens (tertiary/aromatic N) is 16. The Morgan fingerprint density at radius 1 is 0.307 bits per heavy atom. The number of likely N-dealkylation sites (tertiary alicyclic amines) is 6. The van der Waals surface area contributed by atoms with Gasteiger partial charge in [-0.05, 0) is 334 Å². The molecule has 0 saturated carbocycles. The van der Waals surface area contributed by atoms with Crippen LogP contribution in [0.1, 0.15) is 199 Å². The van der Waals surface area contributed by atoms with E-state index in [1.54, 1.807) is 30.5 Å². The van der Waals surface area contributed by atoms with Crippen molar-refractivity contribution in [2.75, 3.05) is 73.6 Å². The number of para-hydroxylation sites is 1. The first-order chi connectivity index (χ1) is 68.5. The Morgan fingerprint density at radius 2 is 0.643 bits per heavy atom. The molecule has 22 rings (SSSR count). The summed E-state index contributed by atoms with van der Waals surface area (Å²) < 4.78 is 0. The van der Waals surface area contributed by atoms with Gasteiger partial charge in [0.1, 0.15) is 0 Å². The summed E-state index contributed by atoms with van der Waals surface area (Å²) in [7, 11) is 0. The number of hydrogen-bond acceptors (Lipinski definition) is 20. The van der Waals surface area contributed by atoms with Crippen LogP contribution in [0.3, 0.4) is 0 Å². The minimum Gasteiger partial charge on any atom is -0.321 e. The SMILES string of the molecule is C[C@@H]1CCC[C@H](C)N1Cc1cncc(-c2ccc3[nH]nc(C(=O)Nc4ccc(C#N)cc4)c3c2)c1.C[C@@H]1CCC[C@H](C)N1Cc1cncc(-c2ccc3[nH]nc(C(=O)Nc4ccccc4)c3c2)c1.O=C(Nc1ccc(CN2CCC2)nc1)c1n[nH]c2ccc(-c3cncc(CN4CCCCC4)c3)cc12.O=C(Nc1cccc(CN2CCCC2)c1)c1n[nH]c2ccc(-c3cncc(CN4CCCC4)c3)cc12. The third-order valence-electron chi connectivity index (χ3n) is 28.1. The number of amides is 4. The number of pyridine rings is 5. The maximum absolute atomic E-state index is 13.2. The molecule has 4 atom stereocenters. The molecule has 28 heteroatoms. The maximum atomic E-state index is 13.2. The van der Waals surface area contributed by atoms with E-state index in [4.69, 9.17) is 5.26 Å². The van der Waals surface area contributed by atoms with Crippen LogP contribution in [0.15, 0.2) is 244 Å². The van der Waals surface area contributed by atoms with E-state index in [1.807, 2.05) is 171 Å². The van der Waals surface area contributed by atoms with Gasteiger partial charge in [0.2, 0.25) is 0 Å². The molecule has 6 fully saturated rings. The molecule has 0 bridgehead atoms. The van der Waals surface area contributed by atoms with Gasteiger partial charge in [-0.1, -0.05) is 73.9 Å². The Labute approximate surface area is 815 Å². The third-order valence-corrected chi connectivity index (χ3v) is 28.1. The van der Waals surface area contributed by atoms with Gasteiger partial charge in [0.15, 0.2) is 22.8 Å². The summed E-state index contributed by atoms with van der Waals surface area (Å²) in [6.45, 7) is 23.9. The Balaban J connectivity index is 0.000000119. The third kappa shape index (κ3) is 23.3. The fourth-order valence-corrected chi connectivity index (χ4v) is 20.2. The number of anilines is 4. The standard InChI is InChI=1S/C29H32N6O.C28H31N7O.C28H28N6O.C27H29N5O/c36-29(31-25-7-5-6-21(15-25)19-34-10-1-2-11-34)28-26-16-23(8-9-27(26)32-33-28)24-14-22(17-30-18-24)20-35-12-3-4-13-35;36-28(31-23-6-7-24(30-17-23)19-35-11-4-12-35)27-25-14-21(5-8-26(25)32-33-27)22-13-20(15-29-16-22)18-34-9-2-1-3-10-34;1-18-4-3-5-19(2)34(18)17-21-12-23(16-30-15-21)22-8-11-26-25(13-22)27(33-32-26)28(35)31-24-9-6-20(14-29)7-10-24;1-18-7-6-8-19(2)32(18)17-20-13-22(16-28-15-20)21-11-12-25-24(14-21)26(31-30-25)27(33)29-23-9-4-3-5-10-23/h5-9,14-18H,1-4,10-13,19-20H2,(H,31,36)(H,32,33);5-8,13-17H,1-4,9-12,18-19H2,(H,31,36)(H,32,33);6-13,15-16,18-19H,3-5,17H2,1-2H3,(H,31,35)(H,32,33);3-5,9-16,18-19H,6-8,17H2,1-2H3,(H,29,33)(H,30,31)/t;;2*18-,19+. The summed E-state index contributed by atoms with van der Waals surface area (Å²) in [5, 5.41) is 53.0. The van der Waals surface area contributed by atoms with Crippen molar-refractivity contribution in [1.82, 2.24) is 95.1 Å². The number of benzene rings is 7. The van der Waals surface area contributed by atoms with Crippen molar-refractivity contribution in [2.45, 2.75) is 181 Å². The molecule has 15 heterocycles. The van der Waals surface area contributed by atoms with Crippen molar-refractivity contribution >= 4 is 90.0 Å². The van der Waals surface area contributed by atoms with Gasteiger partial charge in [-0.15, -0.1) is 0 Å². The van der Waals surface area contributed by atoms with E-state index in [9.17, 15) is 19.2 Å². The monoisotopic (exact) mass is 1860 g/mol. The summed E-state index contributed by atoms with van der Waals surface area (Å²) in [6.07, 6.45) is 34.9. The van der Waals surface area contributed by atoms with Crippen molar-refractivity contribution in [3.63, 3.8) is 0 Å². The molecule has 4 amide bonds. The fourth-order valence-electron chi connectivity index (χ4n) is 20.2. The summed E-state index contributed by atoms with van der Waals surface area (Å²) >= 11 is 0. The van der Waals surface area contributed by atoms with Crippen LogP contribution in [-0.4, -0.2) is 195 Å². The van der Waals surface area contributed by atoms with E-state index in [-0.39, 0.29) is 23.6 Å². The van der Waals surface area contributed by atoms with Gasteiger partial charge >= 0.3 is 0 Å². The molecule has 7 aromatic carbocycles. The highest BCUT2D eigenvalue weighted by atomic mass is 16.2. The van der Waals surface area contributed by atoms with E-state index in [2.05, 4.69) is 193 Å². The predicted octanol–water partition coefficient (Wildman–Crippen LogP) is 20.7. The smallest absolute Gasteiger partial charge is 0.276 e. The van der Waals surface area contributed by atoms with Crippen molar-refractivity contribution in [2.24, 2.45) is 0 Å². The van der Waals surface area contributed by atoms with Crippen molar-refractivity contribution in [3.8, 4) is 50.6 Å². The van der Waals surface area contributed by atoms with Crippen LogP contribution >= 0.6 is 0 Å². The van der Waals surface area contributed by atoms with Crippen LogP contribution < -0.4 is 21.3 Å². The van der Waals surface area contributed by atoms with Gasteiger partial charge in [-0.2, -0.15) is 25.7 Å². The van der Waals surface area contributed by atoms with Gasteiger partial charge in [-0.3, -0.25) is 93.9 Å². The topological polar surface area (TPSA) is 339 Å². The van der Waals surface area contributed by atoms with E-state index in [0.29, 0.717) is 63.9 Å². The fraction of sp³-hybridized carbons (Fsp3) is 0.321. The molecule has 8 N–H and O–H groups in total. The zero-order valence-corrected chi connectivity index (χ0v) is 80.0. The summed E-state index contributed by atoms with van der Waals surface area (Å²) in [5.41, 5.74) is 23.4. The zero-order chi connectivity index (χ0) is 95.8. The number of fused-ring (bicyclic) bond motifs is 4. The lowest BCUT2D eigenvalue weighted by Gasteiger charge is -2.39. The number of carbonyl (C=O) groups is 4. The second kappa shape index (κ2) is 44.4. The number of carbonyl (C=O) groups excluding carboxylic acids is 4. The second-order valence-electron chi connectivity index (χ2n) is 38.3. The van der Waals surface area contributed by atoms with E-state index < -0.39 is 0 Å². The molecule has 6 saturated heterocycles. The molecule has 140 heavy (non-hydrogen) atoms. The predicted molar refractivity (Wildman–Crippen MR) is 552 cm³/mol. The highest BCUT2D eigenvalue weighted by molar-refractivity contribution is 6.14. The van der Waals surface area contributed by atoms with Gasteiger partial charge < -0.3 is 21.3 Å². The number of nitrogens with one attached hydrogen (secondary N) is 8. The van der Waals surface area contributed by atoms with Crippen LogP contribution in [0.5, 0.6) is 0 Å². The highest BCUT2D eigenvalue weighted by Gasteiger charge is 2.29. The van der Waals surface area contributed by atoms with Gasteiger partial charge in [0, 0.05) is 174 Å². The molecule has 712 valence electrons. The largest absolute Gasteiger partial charge is 0.321 e. The van der Waals surface area contributed by atoms with Crippen LogP contribution in [0.2, 0.25) is 0 Å². The number of aromatic nitrogens is 13. The van der Waals surface area contributed by atoms with E-state index in [1.165, 1.54) is 118 Å². The van der Waals surface area contributed by atoms with Crippen LogP contribution in [0.25, 0.3) is 88.1 Å². The first-order valence-electron chi connectivity index (χ1n) is 49.5. The first kappa shape index (κ1) is 94.3. The molecule has 0 unspecified atom stereocenters. The Bertz CT molecular complexity index is 7040. The van der Waals surface area contributed by atoms with E-state index in [0.717, 1.165) is 197 Å². The van der Waals surface area contributed by atoms with E-state index >= 15 is 0 Å². The quantitative estimate of drug-likeness (QED) is 0.0279. The van der Waals surface area contributed by atoms with Crippen LogP contribution in [-0.2, 0) is 39.3 Å². The van der Waals surface area contributed by atoms with Gasteiger partial charge in [0.05, 0.1) is 51.3 Å². The first-order valence-corrected chi connectivity index (χ1v) is 49.5. The maximum Gasteiger partial charge on any atom is 0.276 e. The molecule has 9 aromatic heterocycles. The van der Waals surface area contributed by atoms with Crippen LogP contribution in [0, 0.1) is 11.3 Å². The Morgan fingerprint density at radius 3 is 1.01 bits per heavy atom. The molecular weight excluding hydrogens is 1750 g/mol. The lowest BCUT2D eigenvalue weighted by molar-refractivity contribution is 0.0951. The number of H-pyrrole nitrogens is 4. The number of nitriles is 1. The second-order valence-corrected chi connectivity index (χ2v) is 38.3. The lowest BCUT2D eigenvalue weighted by Crippen LogP contribution is -2.42. The molecule has 28 nitrogen and oxygen atoms in total. The molecular formula is C112H120N24O4. The summed E-state index contributed by atoms with van der Waals surface area (Å²) in [4.78, 5) is 89.6. The molecule has 0 aliphatic carbocycles. The zero-order valence-electron chi connectivity index (χ0n) is 80.0. The molecule has 0 spiro atoms. The summed E-state index contributed by atoms with van der Waals surface area (Å²) in [5.74, 6) is -1.01. The van der Waals surface area contributed by atoms with Crippen LogP contribution in [0.4, 0.5) is 22.7 Å². The van der Waals surface area contributed by atoms with Crippen molar-refractivity contribution in [3.05, 3.63) is 306 Å². The normalized spacial score (nSPS) is 17.6. The number of aromatic amines is 4. The van der Waals surface area contributed by atoms with Gasteiger partial charge in [-0.25, -0.2) is 0 Å². The Hall–Kier alpha value is -14.7. The molecule has 16 aromatic rings. The molecule has 0 radical (unpaired) electrons. The highest BCUT2D eigenvalue weighted by Crippen LogP contribution is 2.36. The number of rotatable bonds is 24. The average Bonchev–Trinajstić information content (AvgIpc) is 1.61. The minimum atomic E-state index is -0.307. The lowest BCUT2D eigenvalue weighted by atomic mass is 9.96. The number of hydrogen-bond donors (Lipinski definition) is 8. The van der Waals surface area contributed by atoms with Gasteiger partial charge in [0.25, 0.3) is 23.6 Å². The average molecular weight is 1870 g/mol. The van der Waals surface area contributed by atoms with Crippen molar-refractivity contribution < 1.29 is 19.2 Å². The van der Waals surface area contributed by atoms with Crippen molar-refractivity contribution in [1.29, 1.82) is 5.26 Å². The minimum absolute atomic E-state index is 0.211. The summed E-state index contributed by atoms with van der Waals surface area (Å²) in [6, 6.07) is 65.5. The molecule has 6 aliphatic heterocycles. The number of piperidine rings is 3. The molecule has 6 aliphatic rings. The Kier molecular flexibility index (Phi) is 29.9.